The van der Waals surface area contributed by atoms with Crippen LogP contribution in [0.5, 0.6) is 0 Å². The molecule has 1 N–H and O–H groups in total. The molecule has 0 bridgehead atoms. The van der Waals surface area contributed by atoms with E-state index in [0.29, 0.717) is 0 Å². The molecule has 0 aromatic carbocycles. The van der Waals surface area contributed by atoms with E-state index in [-0.39, 0.29) is 4.84 Å². The molecule has 1 aromatic heterocycles. The normalized spacial score (nSPS) is 8.67. The van der Waals surface area contributed by atoms with Crippen LogP contribution in [-0.4, -0.2) is 10.2 Å². The first-order chi connectivity index (χ1) is 2.89. The van der Waals surface area contributed by atoms with Crippen LogP contribution in [0.15, 0.2) is 4.42 Å². The van der Waals surface area contributed by atoms with Gasteiger partial charge in [0.2, 0.25) is 0 Å². The van der Waals surface area contributed by atoms with Crippen molar-refractivity contribution < 1.29 is 4.42 Å². The van der Waals surface area contributed by atoms with Crippen molar-refractivity contribution in [3.63, 3.8) is 0 Å². The van der Waals surface area contributed by atoms with Gasteiger partial charge in [0, 0.05) is 0 Å². The number of rotatable bonds is 0. The Balaban J connectivity index is 3.41. The van der Waals surface area contributed by atoms with E-state index in [1.165, 1.54) is 0 Å². The third kappa shape index (κ3) is 0.463. The number of hydrogen-bond donors (Lipinski definition) is 1. The zero-order valence-electron chi connectivity index (χ0n) is 2.76. The topological polar surface area (TPSA) is 41.8 Å². The highest BCUT2D eigenvalue weighted by atomic mass is 32.1. The van der Waals surface area contributed by atoms with Gasteiger partial charge in [0.25, 0.3) is 4.84 Å². The fourth-order valence-electron chi connectivity index (χ4n) is 0.156. The fourth-order valence-corrected chi connectivity index (χ4v) is 0.238. The van der Waals surface area contributed by atoms with Gasteiger partial charge in [-0.05, 0) is 12.2 Å². The molecule has 0 amide bonds. The van der Waals surface area contributed by atoms with E-state index < -0.39 is 0 Å². The van der Waals surface area contributed by atoms with Gasteiger partial charge in [0.1, 0.15) is 0 Å². The van der Waals surface area contributed by atoms with Gasteiger partial charge in [-0.2, -0.15) is 0 Å². The molecule has 6 heavy (non-hydrogen) atoms. The van der Waals surface area contributed by atoms with Crippen LogP contribution in [0.2, 0.25) is 0 Å². The van der Waals surface area contributed by atoms with E-state index in [0.717, 1.165) is 0 Å². The first-order valence-electron chi connectivity index (χ1n) is 1.31. The van der Waals surface area contributed by atoms with Crippen LogP contribution >= 0.6 is 12.2 Å². The minimum atomic E-state index is 0.259. The predicted molar refractivity (Wildman–Crippen MR) is 20.5 cm³/mol. The second-order valence-electron chi connectivity index (χ2n) is 0.704. The van der Waals surface area contributed by atoms with Crippen LogP contribution < -0.4 is 0 Å². The summed E-state index contributed by atoms with van der Waals surface area (Å²) in [4.78, 5) is 0.259. The van der Waals surface area contributed by atoms with Gasteiger partial charge < -0.3 is 4.42 Å². The SMILES string of the molecule is S=c1[nH]n[c]o1. The molecule has 0 aliphatic rings. The van der Waals surface area contributed by atoms with E-state index >= 15 is 0 Å². The molecule has 1 rings (SSSR count). The molecule has 31 valence electrons. The summed E-state index contributed by atoms with van der Waals surface area (Å²) >= 11 is 4.43. The van der Waals surface area contributed by atoms with E-state index in [9.17, 15) is 0 Å². The van der Waals surface area contributed by atoms with E-state index in [1.807, 2.05) is 0 Å². The van der Waals surface area contributed by atoms with Crippen molar-refractivity contribution in [3.8, 4) is 0 Å². The summed E-state index contributed by atoms with van der Waals surface area (Å²) in [6.45, 7) is 0. The van der Waals surface area contributed by atoms with Gasteiger partial charge in [-0.3, -0.25) is 0 Å². The quantitative estimate of drug-likeness (QED) is 0.485. The summed E-state index contributed by atoms with van der Waals surface area (Å²) in [5, 5.41) is 5.64. The second kappa shape index (κ2) is 1.22. The Bertz CT molecular complexity index is 149. The third-order valence-corrected chi connectivity index (χ3v) is 0.506. The molecule has 0 unspecified atom stereocenters. The average Bonchev–Trinajstić information content (AvgIpc) is 1.86. The maximum Gasteiger partial charge on any atom is 0.304 e. The molecule has 0 spiro atoms. The highest BCUT2D eigenvalue weighted by Crippen LogP contribution is 1.74. The van der Waals surface area contributed by atoms with Crippen molar-refractivity contribution in [3.05, 3.63) is 11.2 Å². The van der Waals surface area contributed by atoms with Gasteiger partial charge in [0.05, 0.1) is 0 Å². The zero-order valence-corrected chi connectivity index (χ0v) is 3.58. The average molecular weight is 101 g/mol. The number of hydrogen-bond acceptors (Lipinski definition) is 3. The number of nitrogens with one attached hydrogen (secondary N) is 1. The highest BCUT2D eigenvalue weighted by Gasteiger charge is 1.71. The number of aromatic nitrogens is 2. The lowest BCUT2D eigenvalue weighted by atomic mass is 11.5. The van der Waals surface area contributed by atoms with Crippen LogP contribution in [0.1, 0.15) is 0 Å². The lowest BCUT2D eigenvalue weighted by Gasteiger charge is -1.51. The summed E-state index contributed by atoms with van der Waals surface area (Å²) in [5.74, 6) is 0. The zero-order chi connectivity index (χ0) is 4.41. The van der Waals surface area contributed by atoms with Crippen molar-refractivity contribution in [2.45, 2.75) is 0 Å². The van der Waals surface area contributed by atoms with Crippen molar-refractivity contribution in [1.29, 1.82) is 0 Å². The minimum absolute atomic E-state index is 0.259. The van der Waals surface area contributed by atoms with Gasteiger partial charge in [-0.1, -0.05) is 0 Å². The summed E-state index contributed by atoms with van der Waals surface area (Å²) in [6.07, 6.45) is 2.14. The molecule has 0 atom stereocenters. The first-order valence-corrected chi connectivity index (χ1v) is 1.72. The molecule has 0 saturated heterocycles. The smallest absolute Gasteiger partial charge is 0.304 e. The van der Waals surface area contributed by atoms with E-state index in [4.69, 9.17) is 0 Å². The molecular weight excluding hydrogens is 100 g/mol. The van der Waals surface area contributed by atoms with Crippen molar-refractivity contribution >= 4 is 12.2 Å². The lowest BCUT2D eigenvalue weighted by Crippen LogP contribution is -1.58. The van der Waals surface area contributed by atoms with Crippen LogP contribution in [0.4, 0.5) is 0 Å². The van der Waals surface area contributed by atoms with Gasteiger partial charge in [-0.15, -0.1) is 5.10 Å². The largest absolute Gasteiger partial charge is 0.405 e. The highest BCUT2D eigenvalue weighted by molar-refractivity contribution is 7.71. The number of aromatic amines is 1. The predicted octanol–water partition coefficient (Wildman–Crippen LogP) is 0.532. The van der Waals surface area contributed by atoms with Gasteiger partial charge >= 0.3 is 6.39 Å². The maximum atomic E-state index is 4.43. The second-order valence-corrected chi connectivity index (χ2v) is 1.08. The Labute approximate surface area is 39.0 Å². The summed E-state index contributed by atoms with van der Waals surface area (Å²) in [7, 11) is 0. The Morgan fingerprint density at radius 2 is 2.83 bits per heavy atom. The van der Waals surface area contributed by atoms with Crippen LogP contribution in [0.3, 0.4) is 0 Å². The fraction of sp³-hybridized carbons (Fsp3) is 0. The minimum Gasteiger partial charge on any atom is -0.405 e. The monoisotopic (exact) mass is 101 g/mol. The number of H-pyrrole nitrogens is 1. The summed E-state index contributed by atoms with van der Waals surface area (Å²) < 4.78 is 4.36. The Hall–Kier alpha value is -0.640. The Kier molecular flexibility index (Phi) is 0.719. The molecule has 0 saturated carbocycles. The van der Waals surface area contributed by atoms with Gasteiger partial charge in [-0.25, -0.2) is 5.10 Å². The molecule has 0 fully saturated rings. The summed E-state index contributed by atoms with van der Waals surface area (Å²) in [6, 6.07) is 0. The summed E-state index contributed by atoms with van der Waals surface area (Å²) in [5.41, 5.74) is 0. The standard InChI is InChI=1S/C2HN2OS/c6-2-4-3-1-5-2/h(H,4,6). The first kappa shape index (κ1) is 3.55. The van der Waals surface area contributed by atoms with Crippen LogP contribution in [0.25, 0.3) is 0 Å². The van der Waals surface area contributed by atoms with E-state index in [1.54, 1.807) is 0 Å². The van der Waals surface area contributed by atoms with E-state index in [2.05, 4.69) is 33.2 Å². The molecule has 0 aliphatic carbocycles. The number of nitrogens with zero attached hydrogens (tertiary/aromatic N) is 1. The Morgan fingerprint density at radius 1 is 2.00 bits per heavy atom. The maximum absolute atomic E-state index is 4.43. The molecule has 1 aromatic rings. The molecule has 4 heteroatoms. The van der Waals surface area contributed by atoms with Crippen molar-refractivity contribution in [1.82, 2.24) is 10.2 Å². The van der Waals surface area contributed by atoms with Crippen LogP contribution in [-0.2, 0) is 0 Å². The Morgan fingerprint density at radius 3 is 3.00 bits per heavy atom. The molecule has 3 nitrogen and oxygen atoms in total. The van der Waals surface area contributed by atoms with Crippen LogP contribution in [0, 0.1) is 11.2 Å². The third-order valence-electron chi connectivity index (χ3n) is 0.331. The van der Waals surface area contributed by atoms with Crippen molar-refractivity contribution in [2.24, 2.45) is 0 Å². The lowest BCUT2D eigenvalue weighted by molar-refractivity contribution is 0.528. The molecule has 1 radical (unpaired) electrons. The molecule has 0 aliphatic heterocycles. The van der Waals surface area contributed by atoms with Gasteiger partial charge in [0.15, 0.2) is 0 Å². The van der Waals surface area contributed by atoms with Crippen molar-refractivity contribution in [2.75, 3.05) is 0 Å². The molecule has 1 heterocycles. The molecular formula is C2HN2OS.